The van der Waals surface area contributed by atoms with Crippen LogP contribution >= 0.6 is 0 Å². The van der Waals surface area contributed by atoms with E-state index in [9.17, 15) is 0 Å². The van der Waals surface area contributed by atoms with Crippen molar-refractivity contribution in [2.75, 3.05) is 16.6 Å². The molecular weight excluding hydrogens is 306 g/mol. The number of hydrogen-bond donors (Lipinski definition) is 0. The van der Waals surface area contributed by atoms with Crippen molar-refractivity contribution in [1.29, 1.82) is 0 Å². The monoisotopic (exact) mass is 327 g/mol. The molecule has 0 unspecified atom stereocenters. The van der Waals surface area contributed by atoms with Crippen LogP contribution in [0.25, 0.3) is 0 Å². The van der Waals surface area contributed by atoms with E-state index in [1.165, 1.54) is 5.69 Å². The van der Waals surface area contributed by atoms with Gasteiger partial charge in [0.15, 0.2) is 5.84 Å². The van der Waals surface area contributed by atoms with Crippen LogP contribution in [0.3, 0.4) is 0 Å². The minimum absolute atomic E-state index is 0.218. The third kappa shape index (κ3) is 3.13. The molecule has 4 rings (SSSR count). The van der Waals surface area contributed by atoms with Gasteiger partial charge in [-0.2, -0.15) is 0 Å². The fourth-order valence-electron chi connectivity index (χ4n) is 3.19. The van der Waals surface area contributed by atoms with Gasteiger partial charge in [-0.25, -0.2) is 5.01 Å². The minimum atomic E-state index is 0.218. The van der Waals surface area contributed by atoms with Gasteiger partial charge < -0.3 is 0 Å². The van der Waals surface area contributed by atoms with Crippen LogP contribution in [-0.4, -0.2) is 18.4 Å². The lowest BCUT2D eigenvalue weighted by molar-refractivity contribution is 0.658. The molecule has 124 valence electrons. The quantitative estimate of drug-likeness (QED) is 0.690. The molecule has 0 N–H and O–H groups in total. The van der Waals surface area contributed by atoms with E-state index >= 15 is 0 Å². The summed E-state index contributed by atoms with van der Waals surface area (Å²) in [6.07, 6.45) is 0. The van der Waals surface area contributed by atoms with Crippen LogP contribution < -0.4 is 10.0 Å². The fourth-order valence-corrected chi connectivity index (χ4v) is 3.19. The van der Waals surface area contributed by atoms with E-state index in [1.807, 2.05) is 12.1 Å². The summed E-state index contributed by atoms with van der Waals surface area (Å²) in [5, 5.41) is 4.54. The van der Waals surface area contributed by atoms with Crippen molar-refractivity contribution >= 4 is 17.2 Å². The molecule has 0 bridgehead atoms. The highest BCUT2D eigenvalue weighted by Gasteiger charge is 2.29. The zero-order valence-corrected chi connectivity index (χ0v) is 14.3. The molecular formula is C22H21N3. The second-order valence-electron chi connectivity index (χ2n) is 6.23. The van der Waals surface area contributed by atoms with Crippen molar-refractivity contribution in [3.05, 3.63) is 96.6 Å². The predicted octanol–water partition coefficient (Wildman–Crippen LogP) is 4.76. The summed E-state index contributed by atoms with van der Waals surface area (Å²) >= 11 is 0. The van der Waals surface area contributed by atoms with Crippen LogP contribution in [0.5, 0.6) is 0 Å². The molecule has 0 aliphatic carbocycles. The number of amidine groups is 1. The number of aliphatic imine (C=N–C) groups is 1. The Hall–Kier alpha value is -3.07. The van der Waals surface area contributed by atoms with Gasteiger partial charge in [0.25, 0.3) is 0 Å². The van der Waals surface area contributed by atoms with Crippen molar-refractivity contribution in [3.8, 4) is 0 Å². The Morgan fingerprint density at radius 3 is 1.84 bits per heavy atom. The molecule has 3 aromatic carbocycles. The zero-order chi connectivity index (χ0) is 17.1. The molecule has 3 heteroatoms. The van der Waals surface area contributed by atoms with E-state index in [1.54, 1.807) is 0 Å². The van der Waals surface area contributed by atoms with E-state index in [0.717, 1.165) is 23.6 Å². The Kier molecular flexibility index (Phi) is 4.21. The number of para-hydroxylation sites is 2. The predicted molar refractivity (Wildman–Crippen MR) is 105 cm³/mol. The topological polar surface area (TPSA) is 18.8 Å². The molecule has 25 heavy (non-hydrogen) atoms. The van der Waals surface area contributed by atoms with Crippen molar-refractivity contribution in [1.82, 2.24) is 0 Å². The van der Waals surface area contributed by atoms with Crippen LogP contribution in [-0.2, 0) is 0 Å². The van der Waals surface area contributed by atoms with E-state index in [0.29, 0.717) is 0 Å². The molecule has 0 amide bonds. The summed E-state index contributed by atoms with van der Waals surface area (Å²) in [5.74, 6) is 0.981. The van der Waals surface area contributed by atoms with Crippen molar-refractivity contribution < 1.29 is 0 Å². The third-order valence-electron chi connectivity index (χ3n) is 4.31. The standard InChI is InChI=1S/C22H21N3/c1-18-17-24(20-13-7-3-8-14-20)25(21-15-9-4-10-16-21)22(23-18)19-11-5-2-6-12-19/h2-16,18H,17H2,1H3/t18-/m1/s1. The van der Waals surface area contributed by atoms with Gasteiger partial charge in [0, 0.05) is 5.56 Å². The number of benzene rings is 3. The summed E-state index contributed by atoms with van der Waals surface area (Å²) in [7, 11) is 0. The van der Waals surface area contributed by atoms with Crippen LogP contribution in [0.2, 0.25) is 0 Å². The Morgan fingerprint density at radius 2 is 1.24 bits per heavy atom. The maximum absolute atomic E-state index is 4.99. The second kappa shape index (κ2) is 6.81. The zero-order valence-electron chi connectivity index (χ0n) is 14.3. The summed E-state index contributed by atoms with van der Waals surface area (Å²) < 4.78 is 0. The highest BCUT2D eigenvalue weighted by molar-refractivity contribution is 6.12. The average Bonchev–Trinajstić information content (AvgIpc) is 2.69. The molecule has 0 saturated carbocycles. The Bertz CT molecular complexity index is 844. The van der Waals surface area contributed by atoms with Crippen LogP contribution in [0.15, 0.2) is 96.0 Å². The first-order valence-electron chi connectivity index (χ1n) is 8.64. The summed E-state index contributed by atoms with van der Waals surface area (Å²) in [5.41, 5.74) is 3.40. The lowest BCUT2D eigenvalue weighted by Crippen LogP contribution is -2.54. The third-order valence-corrected chi connectivity index (χ3v) is 4.31. The highest BCUT2D eigenvalue weighted by Crippen LogP contribution is 2.28. The largest absolute Gasteiger partial charge is 0.277 e. The molecule has 3 nitrogen and oxygen atoms in total. The van der Waals surface area contributed by atoms with Gasteiger partial charge >= 0.3 is 0 Å². The van der Waals surface area contributed by atoms with Gasteiger partial charge in [-0.15, -0.1) is 0 Å². The van der Waals surface area contributed by atoms with Crippen molar-refractivity contribution in [2.24, 2.45) is 4.99 Å². The number of hydrogen-bond acceptors (Lipinski definition) is 3. The van der Waals surface area contributed by atoms with Crippen molar-refractivity contribution in [2.45, 2.75) is 13.0 Å². The van der Waals surface area contributed by atoms with Gasteiger partial charge in [-0.3, -0.25) is 10.0 Å². The summed E-state index contributed by atoms with van der Waals surface area (Å²) in [4.78, 5) is 4.99. The molecule has 3 aromatic rings. The Morgan fingerprint density at radius 1 is 0.720 bits per heavy atom. The fraction of sp³-hybridized carbons (Fsp3) is 0.136. The number of anilines is 2. The maximum Gasteiger partial charge on any atom is 0.155 e. The number of nitrogens with zero attached hydrogens (tertiary/aromatic N) is 3. The highest BCUT2D eigenvalue weighted by atomic mass is 15.7. The van der Waals surface area contributed by atoms with Crippen LogP contribution in [0.4, 0.5) is 11.4 Å². The normalized spacial score (nSPS) is 17.3. The first-order chi connectivity index (χ1) is 12.3. The molecule has 0 saturated heterocycles. The molecule has 1 aliphatic rings. The smallest absolute Gasteiger partial charge is 0.155 e. The molecule has 1 aliphatic heterocycles. The van der Waals surface area contributed by atoms with Gasteiger partial charge in [0.05, 0.1) is 24.0 Å². The van der Waals surface area contributed by atoms with Gasteiger partial charge in [-0.05, 0) is 31.2 Å². The molecule has 1 atom stereocenters. The van der Waals surface area contributed by atoms with Gasteiger partial charge in [-0.1, -0.05) is 66.7 Å². The lowest BCUT2D eigenvalue weighted by atomic mass is 10.1. The van der Waals surface area contributed by atoms with Gasteiger partial charge in [0.2, 0.25) is 0 Å². The number of rotatable bonds is 3. The van der Waals surface area contributed by atoms with Gasteiger partial charge in [0.1, 0.15) is 0 Å². The second-order valence-corrected chi connectivity index (χ2v) is 6.23. The Balaban J connectivity index is 1.86. The molecule has 0 radical (unpaired) electrons. The van der Waals surface area contributed by atoms with E-state index in [-0.39, 0.29) is 6.04 Å². The van der Waals surface area contributed by atoms with E-state index < -0.39 is 0 Å². The summed E-state index contributed by atoms with van der Waals surface area (Å²) in [6.45, 7) is 3.01. The van der Waals surface area contributed by atoms with E-state index in [2.05, 4.69) is 95.8 Å². The SMILES string of the molecule is C[C@@H]1CN(c2ccccc2)N(c2ccccc2)C(c2ccccc2)=N1. The maximum atomic E-state index is 4.99. The van der Waals surface area contributed by atoms with Crippen molar-refractivity contribution in [3.63, 3.8) is 0 Å². The first-order valence-corrected chi connectivity index (χ1v) is 8.64. The van der Waals surface area contributed by atoms with Crippen LogP contribution in [0, 0.1) is 0 Å². The van der Waals surface area contributed by atoms with Crippen LogP contribution in [0.1, 0.15) is 12.5 Å². The molecule has 0 fully saturated rings. The first kappa shape index (κ1) is 15.5. The van der Waals surface area contributed by atoms with E-state index in [4.69, 9.17) is 4.99 Å². The minimum Gasteiger partial charge on any atom is -0.277 e. The summed E-state index contributed by atoms with van der Waals surface area (Å²) in [6, 6.07) is 31.6. The lowest BCUT2D eigenvalue weighted by Gasteiger charge is -2.43. The molecule has 1 heterocycles. The number of hydrazine groups is 1. The Labute approximate surface area is 148 Å². The average molecular weight is 327 g/mol. The molecule has 0 aromatic heterocycles. The molecule has 0 spiro atoms.